The number of hydrogen-bond donors (Lipinski definition) is 4. The number of rotatable bonds is 27. The van der Waals surface area contributed by atoms with Gasteiger partial charge in [-0.25, -0.2) is 0 Å². The minimum Gasteiger partial charge on any atom is -0.497 e. The number of thioether (sulfide) groups is 1. The van der Waals surface area contributed by atoms with Gasteiger partial charge in [0.05, 0.1) is 87.3 Å². The van der Waals surface area contributed by atoms with Crippen molar-refractivity contribution in [1.29, 1.82) is 0 Å². The predicted molar refractivity (Wildman–Crippen MR) is 319 cm³/mol. The van der Waals surface area contributed by atoms with Gasteiger partial charge in [-0.2, -0.15) is 0 Å². The van der Waals surface area contributed by atoms with E-state index in [0.29, 0.717) is 89.7 Å². The third kappa shape index (κ3) is 14.5. The van der Waals surface area contributed by atoms with Crippen LogP contribution in [0.1, 0.15) is 103 Å². The van der Waals surface area contributed by atoms with Gasteiger partial charge in [0.15, 0.2) is 23.0 Å². The number of carbonyl (C=O) groups excluding carboxylic acids is 7. The second-order valence-corrected chi connectivity index (χ2v) is 22.5. The molecule has 0 aromatic heterocycles. The highest BCUT2D eigenvalue weighted by Gasteiger charge is 2.39. The van der Waals surface area contributed by atoms with E-state index in [2.05, 4.69) is 16.0 Å². The van der Waals surface area contributed by atoms with Crippen molar-refractivity contribution in [3.63, 3.8) is 0 Å². The number of carboxylic acids is 1. The van der Waals surface area contributed by atoms with Crippen LogP contribution < -0.4 is 39.6 Å². The van der Waals surface area contributed by atoms with E-state index in [1.807, 2.05) is 42.6 Å². The van der Waals surface area contributed by atoms with E-state index >= 15 is 0 Å². The van der Waals surface area contributed by atoms with Gasteiger partial charge in [0.2, 0.25) is 29.5 Å². The van der Waals surface area contributed by atoms with E-state index in [4.69, 9.17) is 38.8 Å². The zero-order chi connectivity index (χ0) is 60.3. The average molecular weight is 1180 g/mol. The van der Waals surface area contributed by atoms with Crippen molar-refractivity contribution in [1.82, 2.24) is 25.3 Å². The molecule has 5 heterocycles. The fourth-order valence-corrected chi connectivity index (χ4v) is 11.5. The van der Waals surface area contributed by atoms with Crippen molar-refractivity contribution in [3.8, 4) is 28.7 Å². The van der Waals surface area contributed by atoms with Crippen LogP contribution in [0.4, 0.5) is 17.1 Å². The van der Waals surface area contributed by atoms with E-state index in [9.17, 15) is 38.4 Å². The molecule has 4 unspecified atom stereocenters. The molecule has 85 heavy (non-hydrogen) atoms. The molecule has 1 saturated heterocycles. The lowest BCUT2D eigenvalue weighted by molar-refractivity contribution is -0.139. The van der Waals surface area contributed by atoms with E-state index in [1.165, 1.54) is 30.9 Å². The number of carboxylic acid groups (broad SMARTS) is 1. The number of nitrogens with zero attached hydrogens (tertiary/aromatic N) is 5. The molecule has 4 N–H and O–H groups in total. The number of carbonyl (C=O) groups is 8. The Labute approximate surface area is 496 Å². The van der Waals surface area contributed by atoms with Crippen molar-refractivity contribution in [2.24, 2.45) is 15.9 Å². The first-order chi connectivity index (χ1) is 41.0. The van der Waals surface area contributed by atoms with E-state index < -0.39 is 29.1 Å². The summed E-state index contributed by atoms with van der Waals surface area (Å²) in [6.07, 6.45) is 10.4. The molecule has 0 saturated carbocycles. The molecule has 446 valence electrons. The first-order valence-electron chi connectivity index (χ1n) is 28.2. The Morgan fingerprint density at radius 3 is 1.76 bits per heavy atom. The first kappa shape index (κ1) is 60.6. The molecule has 5 aliphatic heterocycles. The second kappa shape index (κ2) is 27.6. The van der Waals surface area contributed by atoms with Gasteiger partial charge in [-0.1, -0.05) is 44.5 Å². The number of aliphatic imine (C=N–C) groups is 2. The number of hydrogen-bond acceptors (Lipinski definition) is 16. The number of fused-ring (bicyclic) bond motifs is 4. The molecule has 4 atom stereocenters. The summed E-state index contributed by atoms with van der Waals surface area (Å²) in [6, 6.07) is 20.0. The van der Waals surface area contributed by atoms with Gasteiger partial charge in [0, 0.05) is 87.1 Å². The maximum Gasteiger partial charge on any atom is 0.304 e. The van der Waals surface area contributed by atoms with Crippen LogP contribution in [-0.2, 0) is 28.8 Å². The second-order valence-electron chi connectivity index (χ2n) is 21.2. The SMILES string of the molecule is COc1ccc(C2=CN3C(=O)c4cc(OC)c(OCCCOc5cc6c(cc5OC)C(=O)N5C=C(c7ccc(NC(=O)CNC(=O)C(NC(=O)CCCCCN8C(=O)CC(SCCC(=O)O)C8=O)C(C)C)cc7)CC5C=N6)cc4N=CC3C2)cc1. The molecule has 9 rings (SSSR count). The molecule has 1 fully saturated rings. The average Bonchev–Trinajstić information content (AvgIpc) is 4.39. The summed E-state index contributed by atoms with van der Waals surface area (Å²) in [7, 11) is 4.64. The maximum absolute atomic E-state index is 14.1. The van der Waals surface area contributed by atoms with Crippen LogP contribution in [0, 0.1) is 5.92 Å². The molecule has 0 radical (unpaired) electrons. The molecule has 22 nitrogen and oxygen atoms in total. The summed E-state index contributed by atoms with van der Waals surface area (Å²) in [5.41, 5.74) is 5.88. The lowest BCUT2D eigenvalue weighted by Gasteiger charge is -2.21. The number of unbranched alkanes of at least 4 members (excludes halogenated alkanes) is 2. The summed E-state index contributed by atoms with van der Waals surface area (Å²) >= 11 is 1.17. The highest BCUT2D eigenvalue weighted by molar-refractivity contribution is 8.00. The zero-order valence-electron chi connectivity index (χ0n) is 47.9. The quantitative estimate of drug-likeness (QED) is 0.0331. The topological polar surface area (TPSA) is 273 Å². The van der Waals surface area contributed by atoms with E-state index in [1.54, 1.807) is 85.8 Å². The Bertz CT molecular complexity index is 3360. The molecule has 4 aromatic rings. The molecular weight excluding hydrogens is 1110 g/mol. The van der Waals surface area contributed by atoms with Gasteiger partial charge in [0.25, 0.3) is 11.8 Å². The summed E-state index contributed by atoms with van der Waals surface area (Å²) in [6.45, 7) is 3.92. The van der Waals surface area contributed by atoms with Gasteiger partial charge < -0.3 is 54.5 Å². The monoisotopic (exact) mass is 1180 g/mol. The highest BCUT2D eigenvalue weighted by Crippen LogP contribution is 2.42. The first-order valence-corrected chi connectivity index (χ1v) is 29.2. The van der Waals surface area contributed by atoms with Crippen molar-refractivity contribution in [2.75, 3.05) is 58.7 Å². The fourth-order valence-electron chi connectivity index (χ4n) is 10.4. The number of methoxy groups -OCH3 is 3. The number of ether oxygens (including phenoxy) is 5. The number of imide groups is 1. The predicted octanol–water partition coefficient (Wildman–Crippen LogP) is 7.59. The van der Waals surface area contributed by atoms with Crippen LogP contribution in [0.25, 0.3) is 11.1 Å². The van der Waals surface area contributed by atoms with Gasteiger partial charge in [-0.05, 0) is 77.4 Å². The van der Waals surface area contributed by atoms with Crippen LogP contribution >= 0.6 is 11.8 Å². The molecule has 5 aliphatic rings. The van der Waals surface area contributed by atoms with Crippen LogP contribution in [0.3, 0.4) is 0 Å². The number of likely N-dealkylation sites (tertiary alicyclic amines) is 1. The van der Waals surface area contributed by atoms with Crippen LogP contribution in [0.2, 0.25) is 0 Å². The molecule has 7 amide bonds. The molecule has 0 bridgehead atoms. The summed E-state index contributed by atoms with van der Waals surface area (Å²) < 4.78 is 29.0. The Morgan fingerprint density at radius 2 is 1.24 bits per heavy atom. The van der Waals surface area contributed by atoms with Crippen molar-refractivity contribution in [3.05, 3.63) is 107 Å². The molecule has 0 spiro atoms. The number of anilines is 1. The van der Waals surface area contributed by atoms with Crippen molar-refractivity contribution in [2.45, 2.75) is 95.0 Å². The summed E-state index contributed by atoms with van der Waals surface area (Å²) in [4.78, 5) is 117. The zero-order valence-corrected chi connectivity index (χ0v) is 48.7. The maximum atomic E-state index is 14.1. The van der Waals surface area contributed by atoms with Crippen LogP contribution in [-0.4, -0.2) is 156 Å². The lowest BCUT2D eigenvalue weighted by Crippen LogP contribution is -2.51. The molecular formula is C62H68N8O14S. The minimum atomic E-state index is -0.963. The highest BCUT2D eigenvalue weighted by atomic mass is 32.2. The van der Waals surface area contributed by atoms with Crippen LogP contribution in [0.15, 0.2) is 95.2 Å². The smallest absolute Gasteiger partial charge is 0.304 e. The van der Waals surface area contributed by atoms with E-state index in [-0.39, 0.29) is 98.9 Å². The van der Waals surface area contributed by atoms with Gasteiger partial charge in [0.1, 0.15) is 11.8 Å². The molecule has 23 heteroatoms. The Hall–Kier alpha value is -8.99. The Balaban J connectivity index is 0.708. The number of benzene rings is 4. The van der Waals surface area contributed by atoms with Crippen molar-refractivity contribution >= 4 is 99.7 Å². The third-order valence-corrected chi connectivity index (χ3v) is 16.3. The number of nitrogens with one attached hydrogen (secondary N) is 3. The van der Waals surface area contributed by atoms with Crippen molar-refractivity contribution < 1.29 is 67.1 Å². The fraction of sp³-hybridized carbons (Fsp3) is 0.387. The van der Waals surface area contributed by atoms with Gasteiger partial charge in [-0.3, -0.25) is 53.2 Å². The standard InChI is InChI=1S/C62H68N8O14S/c1-36(2)58(67-54(71)10-7-6-8-20-68-56(73)30-53(62(68)79)85-23-19-57(74)75)59(76)65-33-55(72)66-41-15-11-37(12-16-41)39-24-42-31-63-47-28-51(49(81-4)26-45(47)60(77)69(42)34-39)83-21-9-22-84-52-29-48-46(27-50(52)82-5)61(78)70-35-40(25-43(70)32-64-48)38-13-17-44(80-3)18-14-38/h11-18,26-29,31-32,34-36,42-43,53,58H,6-10,19-25,30,33H2,1-5H3,(H,65,76)(H,66,72)(H,67,71)(H,74,75). The third-order valence-electron chi connectivity index (χ3n) is 15.0. The number of aliphatic carboxylic acids is 1. The summed E-state index contributed by atoms with van der Waals surface area (Å²) in [5.74, 6) is -1.05. The minimum absolute atomic E-state index is 0.0467. The Morgan fingerprint density at radius 1 is 0.671 bits per heavy atom. The molecule has 4 aromatic carbocycles. The largest absolute Gasteiger partial charge is 0.497 e. The van der Waals surface area contributed by atoms with Crippen LogP contribution in [0.5, 0.6) is 28.7 Å². The Kier molecular flexibility index (Phi) is 19.7. The van der Waals surface area contributed by atoms with Gasteiger partial charge >= 0.3 is 5.97 Å². The lowest BCUT2D eigenvalue weighted by atomic mass is 10.0. The summed E-state index contributed by atoms with van der Waals surface area (Å²) in [5, 5.41) is 16.4. The molecule has 0 aliphatic carbocycles. The normalized spacial score (nSPS) is 17.9. The number of amides is 7. The van der Waals surface area contributed by atoms with E-state index in [0.717, 1.165) is 28.0 Å². The van der Waals surface area contributed by atoms with Gasteiger partial charge in [-0.15, -0.1) is 11.8 Å².